The lowest BCUT2D eigenvalue weighted by atomic mass is 9.44. The molecular formula is C22H37NO4. The van der Waals surface area contributed by atoms with Crippen LogP contribution in [0.5, 0.6) is 0 Å². The predicted molar refractivity (Wildman–Crippen MR) is 106 cm³/mol. The zero-order chi connectivity index (χ0) is 20.2. The molecule has 3 aliphatic rings. The molecule has 0 aliphatic heterocycles. The van der Waals surface area contributed by atoms with Crippen molar-refractivity contribution in [1.29, 1.82) is 0 Å². The highest BCUT2D eigenvalue weighted by Crippen LogP contribution is 2.61. The molecule has 3 aliphatic carbocycles. The van der Waals surface area contributed by atoms with Crippen molar-refractivity contribution in [2.24, 2.45) is 23.2 Å². The number of allylic oxidation sites excluding steroid dienone is 1. The van der Waals surface area contributed by atoms with E-state index in [9.17, 15) is 9.59 Å². The van der Waals surface area contributed by atoms with Crippen LogP contribution in [-0.2, 0) is 14.3 Å². The molecule has 2 bridgehead atoms. The minimum atomic E-state index is -0.474. The van der Waals surface area contributed by atoms with Gasteiger partial charge in [0.25, 0.3) is 0 Å². The van der Waals surface area contributed by atoms with Gasteiger partial charge in [-0.25, -0.2) is 9.59 Å². The van der Waals surface area contributed by atoms with Crippen molar-refractivity contribution >= 4 is 12.1 Å². The number of rotatable bonds is 7. The molecular weight excluding hydrogens is 342 g/mol. The second-order valence-electron chi connectivity index (χ2n) is 9.74. The highest BCUT2D eigenvalue weighted by atomic mass is 16.6. The fraction of sp³-hybridized carbons (Fsp3) is 0.818. The van der Waals surface area contributed by atoms with Crippen molar-refractivity contribution in [3.63, 3.8) is 0 Å². The first-order chi connectivity index (χ1) is 12.5. The predicted octanol–water partition coefficient (Wildman–Crippen LogP) is 4.85. The number of ether oxygens (including phenoxy) is 2. The van der Waals surface area contributed by atoms with Gasteiger partial charge in [-0.05, 0) is 76.0 Å². The van der Waals surface area contributed by atoms with Gasteiger partial charge in [0.15, 0.2) is 0 Å². The van der Waals surface area contributed by atoms with Crippen LogP contribution in [0.3, 0.4) is 0 Å². The minimum absolute atomic E-state index is 0.200. The van der Waals surface area contributed by atoms with Gasteiger partial charge in [0.05, 0.1) is 7.11 Å². The largest absolute Gasteiger partial charge is 0.466 e. The average molecular weight is 380 g/mol. The number of nitrogens with one attached hydrogen (secondary N) is 1. The van der Waals surface area contributed by atoms with Crippen LogP contribution in [0.2, 0.25) is 0 Å². The molecule has 3 saturated carbocycles. The summed E-state index contributed by atoms with van der Waals surface area (Å²) < 4.78 is 10.1. The Morgan fingerprint density at radius 3 is 2.48 bits per heavy atom. The lowest BCUT2D eigenvalue weighted by Crippen LogP contribution is -2.63. The van der Waals surface area contributed by atoms with E-state index in [-0.39, 0.29) is 18.1 Å². The number of amides is 1. The van der Waals surface area contributed by atoms with E-state index in [2.05, 4.69) is 23.9 Å². The molecule has 1 N–H and O–H groups in total. The van der Waals surface area contributed by atoms with E-state index in [1.807, 2.05) is 26.8 Å². The van der Waals surface area contributed by atoms with Gasteiger partial charge in [0, 0.05) is 12.1 Å². The van der Waals surface area contributed by atoms with E-state index in [1.165, 1.54) is 26.0 Å². The number of hydrogen-bond donors (Lipinski definition) is 1. The van der Waals surface area contributed by atoms with Gasteiger partial charge in [-0.3, -0.25) is 0 Å². The van der Waals surface area contributed by atoms with Gasteiger partial charge in [0.2, 0.25) is 0 Å². The van der Waals surface area contributed by atoms with Crippen LogP contribution in [0.4, 0.5) is 4.79 Å². The molecule has 0 spiro atoms. The number of fused-ring (bicyclic) bond motifs is 2. The lowest BCUT2D eigenvalue weighted by molar-refractivity contribution is -0.134. The molecule has 0 unspecified atom stereocenters. The second-order valence-corrected chi connectivity index (χ2v) is 9.74. The highest BCUT2D eigenvalue weighted by Gasteiger charge is 2.57. The van der Waals surface area contributed by atoms with Crippen LogP contribution in [0, 0.1) is 23.2 Å². The fourth-order valence-electron chi connectivity index (χ4n) is 4.78. The Labute approximate surface area is 164 Å². The zero-order valence-electron chi connectivity index (χ0n) is 17.8. The summed E-state index contributed by atoms with van der Waals surface area (Å²) in [5, 5.41) is 3.21. The van der Waals surface area contributed by atoms with Crippen molar-refractivity contribution in [2.75, 3.05) is 7.11 Å². The zero-order valence-corrected chi connectivity index (χ0v) is 17.8. The Morgan fingerprint density at radius 2 is 1.89 bits per heavy atom. The monoisotopic (exact) mass is 379 g/mol. The number of unbranched alkanes of at least 4 members (excludes halogenated alkanes) is 2. The van der Waals surface area contributed by atoms with Crippen molar-refractivity contribution < 1.29 is 19.1 Å². The first-order valence-corrected chi connectivity index (χ1v) is 10.3. The van der Waals surface area contributed by atoms with E-state index in [4.69, 9.17) is 4.74 Å². The van der Waals surface area contributed by atoms with Crippen LogP contribution in [-0.4, -0.2) is 30.8 Å². The van der Waals surface area contributed by atoms with Crippen molar-refractivity contribution in [1.82, 2.24) is 5.32 Å². The highest BCUT2D eigenvalue weighted by molar-refractivity contribution is 5.81. The Balaban J connectivity index is 1.87. The van der Waals surface area contributed by atoms with Gasteiger partial charge in [0.1, 0.15) is 5.60 Å². The molecule has 154 valence electrons. The van der Waals surface area contributed by atoms with E-state index in [0.29, 0.717) is 17.3 Å². The van der Waals surface area contributed by atoms with Crippen LogP contribution < -0.4 is 5.32 Å². The van der Waals surface area contributed by atoms with Crippen molar-refractivity contribution in [2.45, 2.75) is 84.8 Å². The summed E-state index contributed by atoms with van der Waals surface area (Å²) in [6.45, 7) is 10.4. The van der Waals surface area contributed by atoms with Gasteiger partial charge in [-0.15, -0.1) is 0 Å². The van der Waals surface area contributed by atoms with E-state index in [1.54, 1.807) is 0 Å². The number of esters is 1. The molecule has 0 saturated heterocycles. The van der Waals surface area contributed by atoms with Gasteiger partial charge in [-0.1, -0.05) is 26.3 Å². The molecule has 0 aromatic carbocycles. The van der Waals surface area contributed by atoms with Gasteiger partial charge in [-0.2, -0.15) is 0 Å². The van der Waals surface area contributed by atoms with Crippen LogP contribution >= 0.6 is 0 Å². The summed E-state index contributed by atoms with van der Waals surface area (Å²) in [4.78, 5) is 23.4. The van der Waals surface area contributed by atoms with Crippen molar-refractivity contribution in [3.8, 4) is 0 Å². The third-order valence-corrected chi connectivity index (χ3v) is 6.41. The van der Waals surface area contributed by atoms with Gasteiger partial charge < -0.3 is 14.8 Å². The summed E-state index contributed by atoms with van der Waals surface area (Å²) in [7, 11) is 1.39. The Bertz CT molecular complexity index is 561. The van der Waals surface area contributed by atoms with E-state index < -0.39 is 5.60 Å². The quantitative estimate of drug-likeness (QED) is 0.390. The maximum Gasteiger partial charge on any atom is 0.407 e. The smallest absolute Gasteiger partial charge is 0.407 e. The summed E-state index contributed by atoms with van der Waals surface area (Å²) in [6.07, 6.45) is 9.60. The second kappa shape index (κ2) is 8.66. The first-order valence-electron chi connectivity index (χ1n) is 10.3. The molecule has 5 heteroatoms. The molecule has 3 rings (SSSR count). The minimum Gasteiger partial charge on any atom is -0.466 e. The maximum atomic E-state index is 12.4. The molecule has 3 fully saturated rings. The standard InChI is InChI=1S/C22H37NO4/c1-21(2,3)27-20(25)23-19-15(13-16-14-17(19)22(16,4)5)11-9-7-8-10-12-18(24)26-6/h10,12,15-17,19H,7-9,11,13-14H2,1-6H3,(H,23,25)/b12-10+/t15-,16+,17+,19+/m0/s1. The Kier molecular flexibility index (Phi) is 6.98. The lowest BCUT2D eigenvalue weighted by Gasteiger charge is -2.62. The normalized spacial score (nSPS) is 29.1. The summed E-state index contributed by atoms with van der Waals surface area (Å²) in [6, 6.07) is 0.200. The number of hydrogen-bond acceptors (Lipinski definition) is 4. The van der Waals surface area contributed by atoms with E-state index in [0.717, 1.165) is 31.6 Å². The molecule has 27 heavy (non-hydrogen) atoms. The van der Waals surface area contributed by atoms with E-state index >= 15 is 0 Å². The average Bonchev–Trinajstić information content (AvgIpc) is 2.56. The fourth-order valence-corrected chi connectivity index (χ4v) is 4.78. The van der Waals surface area contributed by atoms with Crippen LogP contribution in [0.1, 0.15) is 73.1 Å². The van der Waals surface area contributed by atoms with Crippen LogP contribution in [0.15, 0.2) is 12.2 Å². The van der Waals surface area contributed by atoms with Crippen molar-refractivity contribution in [3.05, 3.63) is 12.2 Å². The summed E-state index contributed by atoms with van der Waals surface area (Å²) >= 11 is 0. The van der Waals surface area contributed by atoms with Crippen LogP contribution in [0.25, 0.3) is 0 Å². The third kappa shape index (κ3) is 5.73. The number of carbonyl (C=O) groups excluding carboxylic acids is 2. The molecule has 4 atom stereocenters. The Hall–Kier alpha value is -1.52. The molecule has 5 nitrogen and oxygen atoms in total. The Morgan fingerprint density at radius 1 is 1.19 bits per heavy atom. The number of alkyl carbamates (subject to hydrolysis) is 1. The van der Waals surface area contributed by atoms with Gasteiger partial charge >= 0.3 is 12.1 Å². The number of carbonyl (C=O) groups is 2. The summed E-state index contributed by atoms with van der Waals surface area (Å²) in [5.41, 5.74) is -0.169. The molecule has 0 radical (unpaired) electrons. The SMILES string of the molecule is COC(=O)/C=C/CCCC[C@H]1C[C@@H]2C[C@H]([C@@H]1NC(=O)OC(C)(C)C)C2(C)C. The molecule has 0 aromatic heterocycles. The molecule has 1 amide bonds. The molecule has 0 aromatic rings. The third-order valence-electron chi connectivity index (χ3n) is 6.41. The maximum absolute atomic E-state index is 12.4. The summed E-state index contributed by atoms with van der Waals surface area (Å²) in [5.74, 6) is 1.52. The molecule has 0 heterocycles. The number of methoxy groups -OCH3 is 1. The first kappa shape index (κ1) is 21.8. The topological polar surface area (TPSA) is 64.6 Å².